The van der Waals surface area contributed by atoms with Crippen LogP contribution in [0.3, 0.4) is 0 Å². The van der Waals surface area contributed by atoms with Gasteiger partial charge in [-0.15, -0.1) is 0 Å². The molecule has 1 unspecified atom stereocenters. The third-order valence-corrected chi connectivity index (χ3v) is 3.24. The predicted molar refractivity (Wildman–Crippen MR) is 62.1 cm³/mol. The van der Waals surface area contributed by atoms with Crippen LogP contribution in [0.2, 0.25) is 0 Å². The fourth-order valence-electron chi connectivity index (χ4n) is 2.18. The monoisotopic (exact) mass is 229 g/mol. The number of carbonyl (C=O) groups excluding carboxylic acids is 1. The lowest BCUT2D eigenvalue weighted by atomic mass is 9.90. The SMILES string of the molecule is CCOC(=O)CC(C)N(CCO)C1CCC1. The smallest absolute Gasteiger partial charge is 0.307 e. The second-order valence-electron chi connectivity index (χ2n) is 4.40. The Labute approximate surface area is 97.6 Å². The summed E-state index contributed by atoms with van der Waals surface area (Å²) in [6.45, 7) is 5.11. The highest BCUT2D eigenvalue weighted by Gasteiger charge is 2.29. The number of aliphatic hydroxyl groups excluding tert-OH is 1. The van der Waals surface area contributed by atoms with Gasteiger partial charge in [0.2, 0.25) is 0 Å². The van der Waals surface area contributed by atoms with Crippen LogP contribution >= 0.6 is 0 Å². The van der Waals surface area contributed by atoms with Crippen LogP contribution in [0, 0.1) is 0 Å². The number of aliphatic hydroxyl groups is 1. The van der Waals surface area contributed by atoms with Gasteiger partial charge in [-0.3, -0.25) is 9.69 Å². The lowest BCUT2D eigenvalue weighted by Crippen LogP contribution is -2.47. The normalized spacial score (nSPS) is 18.2. The number of esters is 1. The molecule has 94 valence electrons. The molecule has 0 spiro atoms. The maximum Gasteiger partial charge on any atom is 0.307 e. The lowest BCUT2D eigenvalue weighted by molar-refractivity contribution is -0.144. The van der Waals surface area contributed by atoms with E-state index in [-0.39, 0.29) is 18.6 Å². The van der Waals surface area contributed by atoms with Gasteiger partial charge in [0.1, 0.15) is 0 Å². The van der Waals surface area contributed by atoms with E-state index in [4.69, 9.17) is 9.84 Å². The van der Waals surface area contributed by atoms with Crippen molar-refractivity contribution in [2.45, 2.75) is 51.6 Å². The molecule has 1 aliphatic carbocycles. The fourth-order valence-corrected chi connectivity index (χ4v) is 2.18. The standard InChI is InChI=1S/C12H23NO3/c1-3-16-12(15)9-10(2)13(7-8-14)11-5-4-6-11/h10-11,14H,3-9H2,1-2H3. The number of hydrogen-bond acceptors (Lipinski definition) is 4. The summed E-state index contributed by atoms with van der Waals surface area (Å²) in [5.74, 6) is -0.141. The summed E-state index contributed by atoms with van der Waals surface area (Å²) in [6.07, 6.45) is 4.06. The van der Waals surface area contributed by atoms with Crippen molar-refractivity contribution in [1.82, 2.24) is 4.90 Å². The Bertz CT molecular complexity index is 216. The van der Waals surface area contributed by atoms with Gasteiger partial charge in [-0.1, -0.05) is 6.42 Å². The van der Waals surface area contributed by atoms with Gasteiger partial charge in [-0.2, -0.15) is 0 Å². The highest BCUT2D eigenvalue weighted by molar-refractivity contribution is 5.70. The molecule has 4 heteroatoms. The lowest BCUT2D eigenvalue weighted by Gasteiger charge is -2.40. The van der Waals surface area contributed by atoms with Crippen LogP contribution in [0.1, 0.15) is 39.5 Å². The molecule has 1 rings (SSSR count). The first-order chi connectivity index (χ1) is 7.69. The van der Waals surface area contributed by atoms with Gasteiger partial charge in [-0.05, 0) is 26.7 Å². The van der Waals surface area contributed by atoms with Crippen LogP contribution in [0.5, 0.6) is 0 Å². The fraction of sp³-hybridized carbons (Fsp3) is 0.917. The summed E-state index contributed by atoms with van der Waals surface area (Å²) in [5, 5.41) is 9.03. The minimum absolute atomic E-state index is 0.141. The van der Waals surface area contributed by atoms with Crippen molar-refractivity contribution >= 4 is 5.97 Å². The molecule has 1 N–H and O–H groups in total. The molecule has 16 heavy (non-hydrogen) atoms. The van der Waals surface area contributed by atoms with Crippen molar-refractivity contribution in [3.05, 3.63) is 0 Å². The van der Waals surface area contributed by atoms with Crippen molar-refractivity contribution in [1.29, 1.82) is 0 Å². The van der Waals surface area contributed by atoms with E-state index in [1.165, 1.54) is 19.3 Å². The number of carbonyl (C=O) groups is 1. The van der Waals surface area contributed by atoms with Crippen molar-refractivity contribution < 1.29 is 14.6 Å². The summed E-state index contributed by atoms with van der Waals surface area (Å²) in [7, 11) is 0. The predicted octanol–water partition coefficient (Wildman–Crippen LogP) is 1.17. The van der Waals surface area contributed by atoms with Gasteiger partial charge in [-0.25, -0.2) is 0 Å². The van der Waals surface area contributed by atoms with E-state index in [1.54, 1.807) is 0 Å². The highest BCUT2D eigenvalue weighted by Crippen LogP contribution is 2.27. The average Bonchev–Trinajstić information content (AvgIpc) is 2.14. The molecule has 1 saturated carbocycles. The first kappa shape index (κ1) is 13.5. The highest BCUT2D eigenvalue weighted by atomic mass is 16.5. The Morgan fingerprint density at radius 3 is 2.69 bits per heavy atom. The summed E-state index contributed by atoms with van der Waals surface area (Å²) >= 11 is 0. The molecule has 0 aromatic heterocycles. The molecular formula is C12H23NO3. The third-order valence-electron chi connectivity index (χ3n) is 3.24. The van der Waals surface area contributed by atoms with Crippen LogP contribution in [0.15, 0.2) is 0 Å². The zero-order valence-corrected chi connectivity index (χ0v) is 10.3. The molecule has 4 nitrogen and oxygen atoms in total. The first-order valence-corrected chi connectivity index (χ1v) is 6.21. The summed E-state index contributed by atoms with van der Waals surface area (Å²) in [5.41, 5.74) is 0. The largest absolute Gasteiger partial charge is 0.466 e. The average molecular weight is 229 g/mol. The molecule has 0 bridgehead atoms. The second-order valence-corrected chi connectivity index (χ2v) is 4.40. The molecule has 1 atom stereocenters. The minimum atomic E-state index is -0.141. The van der Waals surface area contributed by atoms with Crippen LogP contribution in [-0.2, 0) is 9.53 Å². The number of rotatable bonds is 7. The zero-order valence-electron chi connectivity index (χ0n) is 10.3. The van der Waals surface area contributed by atoms with E-state index >= 15 is 0 Å². The number of ether oxygens (including phenoxy) is 1. The van der Waals surface area contributed by atoms with Gasteiger partial charge < -0.3 is 9.84 Å². The number of hydrogen-bond donors (Lipinski definition) is 1. The Kier molecular flexibility index (Phi) is 5.77. The molecule has 1 aliphatic rings. The second kappa shape index (κ2) is 6.86. The van der Waals surface area contributed by atoms with E-state index in [0.717, 1.165) is 0 Å². The van der Waals surface area contributed by atoms with E-state index in [2.05, 4.69) is 4.90 Å². The summed E-state index contributed by atoms with van der Waals surface area (Å²) < 4.78 is 4.94. The van der Waals surface area contributed by atoms with E-state index < -0.39 is 0 Å². The Balaban J connectivity index is 2.39. The molecule has 0 aromatic rings. The van der Waals surface area contributed by atoms with E-state index in [1.807, 2.05) is 13.8 Å². The molecule has 0 saturated heterocycles. The molecule has 0 aliphatic heterocycles. The maximum absolute atomic E-state index is 11.4. The van der Waals surface area contributed by atoms with Crippen LogP contribution in [-0.4, -0.2) is 47.8 Å². The summed E-state index contributed by atoms with van der Waals surface area (Å²) in [6, 6.07) is 0.716. The Morgan fingerprint density at radius 2 is 2.25 bits per heavy atom. The Morgan fingerprint density at radius 1 is 1.56 bits per heavy atom. The van der Waals surface area contributed by atoms with Crippen molar-refractivity contribution in [3.8, 4) is 0 Å². The first-order valence-electron chi connectivity index (χ1n) is 6.21. The summed E-state index contributed by atoms with van der Waals surface area (Å²) in [4.78, 5) is 13.6. The van der Waals surface area contributed by atoms with Gasteiger partial charge in [0.05, 0.1) is 19.6 Å². The Hall–Kier alpha value is -0.610. The van der Waals surface area contributed by atoms with Crippen molar-refractivity contribution in [2.75, 3.05) is 19.8 Å². The van der Waals surface area contributed by atoms with Crippen molar-refractivity contribution in [3.63, 3.8) is 0 Å². The van der Waals surface area contributed by atoms with E-state index in [9.17, 15) is 4.79 Å². The molecule has 1 fully saturated rings. The maximum atomic E-state index is 11.4. The molecular weight excluding hydrogens is 206 g/mol. The number of nitrogens with zero attached hydrogens (tertiary/aromatic N) is 1. The minimum Gasteiger partial charge on any atom is -0.466 e. The van der Waals surface area contributed by atoms with E-state index in [0.29, 0.717) is 25.6 Å². The molecule has 0 heterocycles. The van der Waals surface area contributed by atoms with Gasteiger partial charge >= 0.3 is 5.97 Å². The van der Waals surface area contributed by atoms with Gasteiger partial charge in [0.15, 0.2) is 0 Å². The van der Waals surface area contributed by atoms with Crippen LogP contribution in [0.25, 0.3) is 0 Å². The van der Waals surface area contributed by atoms with Gasteiger partial charge in [0, 0.05) is 18.6 Å². The van der Waals surface area contributed by atoms with Crippen molar-refractivity contribution in [2.24, 2.45) is 0 Å². The quantitative estimate of drug-likeness (QED) is 0.666. The topological polar surface area (TPSA) is 49.8 Å². The van der Waals surface area contributed by atoms with Crippen LogP contribution < -0.4 is 0 Å². The molecule has 0 amide bonds. The molecule has 0 radical (unpaired) electrons. The third kappa shape index (κ3) is 3.76. The molecule has 0 aromatic carbocycles. The zero-order chi connectivity index (χ0) is 12.0. The van der Waals surface area contributed by atoms with Gasteiger partial charge in [0.25, 0.3) is 0 Å². The van der Waals surface area contributed by atoms with Crippen LogP contribution in [0.4, 0.5) is 0 Å².